The molecule has 3 heterocycles. The fourth-order valence-corrected chi connectivity index (χ4v) is 3.89. The van der Waals surface area contributed by atoms with Crippen LogP contribution in [0.15, 0.2) is 42.7 Å². The van der Waals surface area contributed by atoms with Crippen molar-refractivity contribution in [1.29, 1.82) is 0 Å². The zero-order chi connectivity index (χ0) is 18.7. The number of amides is 1. The predicted octanol–water partition coefficient (Wildman–Crippen LogP) is 2.51. The van der Waals surface area contributed by atoms with Crippen LogP contribution in [-0.2, 0) is 17.8 Å². The number of likely N-dealkylation sites (tertiary alicyclic amines) is 1. The van der Waals surface area contributed by atoms with Crippen LogP contribution in [0.25, 0.3) is 0 Å². The molecule has 7 nitrogen and oxygen atoms in total. The quantitative estimate of drug-likeness (QED) is 0.876. The van der Waals surface area contributed by atoms with Gasteiger partial charge in [0.05, 0.1) is 6.54 Å². The lowest BCUT2D eigenvalue weighted by molar-refractivity contribution is -0.0114. The smallest absolute Gasteiger partial charge is 0.410 e. The van der Waals surface area contributed by atoms with Crippen LogP contribution >= 0.6 is 0 Å². The molecule has 1 aromatic carbocycles. The molecule has 7 heteroatoms. The molecule has 1 aromatic heterocycles. The minimum absolute atomic E-state index is 0.214. The van der Waals surface area contributed by atoms with Crippen LogP contribution in [0.1, 0.15) is 24.0 Å². The number of carbonyl (C=O) groups is 1. The van der Waals surface area contributed by atoms with Gasteiger partial charge in [0.25, 0.3) is 0 Å². The van der Waals surface area contributed by atoms with Crippen molar-refractivity contribution in [2.24, 2.45) is 0 Å². The molecule has 27 heavy (non-hydrogen) atoms. The van der Waals surface area contributed by atoms with Gasteiger partial charge in [-0.3, -0.25) is 4.90 Å². The number of nitrogens with one attached hydrogen (secondary N) is 1. The summed E-state index contributed by atoms with van der Waals surface area (Å²) in [5.74, 6) is 0.629. The van der Waals surface area contributed by atoms with Gasteiger partial charge in [-0.15, -0.1) is 0 Å². The van der Waals surface area contributed by atoms with Gasteiger partial charge in [-0.25, -0.2) is 14.8 Å². The van der Waals surface area contributed by atoms with E-state index in [9.17, 15) is 4.79 Å². The summed E-state index contributed by atoms with van der Waals surface area (Å²) < 4.78 is 5.67. The minimum atomic E-state index is -0.359. The minimum Gasteiger partial charge on any atom is -0.440 e. The largest absolute Gasteiger partial charge is 0.440 e. The number of piperidine rings is 1. The van der Waals surface area contributed by atoms with Crippen LogP contribution in [0.3, 0.4) is 0 Å². The van der Waals surface area contributed by atoms with Crippen LogP contribution in [0, 0.1) is 0 Å². The predicted molar refractivity (Wildman–Crippen MR) is 102 cm³/mol. The second-order valence-electron chi connectivity index (χ2n) is 7.48. The first-order valence-electron chi connectivity index (χ1n) is 9.37. The number of ether oxygens (including phenoxy) is 1. The highest BCUT2D eigenvalue weighted by molar-refractivity contribution is 5.70. The van der Waals surface area contributed by atoms with Gasteiger partial charge in [-0.05, 0) is 24.9 Å². The molecule has 1 N–H and O–H groups in total. The van der Waals surface area contributed by atoms with Gasteiger partial charge in [-0.1, -0.05) is 30.3 Å². The maximum absolute atomic E-state index is 11.8. The first-order valence-corrected chi connectivity index (χ1v) is 9.37. The van der Waals surface area contributed by atoms with E-state index in [0.29, 0.717) is 19.0 Å². The van der Waals surface area contributed by atoms with Gasteiger partial charge in [0.1, 0.15) is 5.60 Å². The van der Waals surface area contributed by atoms with Crippen molar-refractivity contribution in [2.75, 3.05) is 32.0 Å². The van der Waals surface area contributed by atoms with Gasteiger partial charge in [-0.2, -0.15) is 0 Å². The maximum Gasteiger partial charge on any atom is 0.410 e. The lowest BCUT2D eigenvalue weighted by Crippen LogP contribution is -2.50. The van der Waals surface area contributed by atoms with E-state index in [1.165, 1.54) is 5.56 Å². The fraction of sp³-hybridized carbons (Fsp3) is 0.450. The van der Waals surface area contributed by atoms with Crippen molar-refractivity contribution in [3.05, 3.63) is 53.9 Å². The number of benzene rings is 1. The summed E-state index contributed by atoms with van der Waals surface area (Å²) in [4.78, 5) is 24.6. The number of hydrogen-bond donors (Lipinski definition) is 1. The molecule has 2 aromatic rings. The summed E-state index contributed by atoms with van der Waals surface area (Å²) in [6.07, 6.45) is 5.48. The Morgan fingerprint density at radius 3 is 2.63 bits per heavy atom. The summed E-state index contributed by atoms with van der Waals surface area (Å²) in [6, 6.07) is 10.2. The standard InChI is InChI=1S/C20H25N5O2/c1-24-14-20(27-19(24)26)8-5-9-25(15-20)13-17-11-22-18(23-12-17)21-10-16-6-3-2-4-7-16/h2-4,6-7,11-12H,5,8-10,13-15H2,1H3,(H,21,22,23)/t20-/m0/s1. The van der Waals surface area contributed by atoms with Crippen molar-refractivity contribution < 1.29 is 9.53 Å². The average Bonchev–Trinajstić information content (AvgIpc) is 2.95. The molecular weight excluding hydrogens is 342 g/mol. The number of carbonyl (C=O) groups excluding carboxylic acids is 1. The summed E-state index contributed by atoms with van der Waals surface area (Å²) in [7, 11) is 1.80. The number of aromatic nitrogens is 2. The Bertz CT molecular complexity index is 783. The lowest BCUT2D eigenvalue weighted by atomic mass is 9.92. The van der Waals surface area contributed by atoms with E-state index >= 15 is 0 Å². The molecular formula is C20H25N5O2. The molecule has 4 rings (SSSR count). The summed E-state index contributed by atoms with van der Waals surface area (Å²) in [6.45, 7) is 3.89. The lowest BCUT2D eigenvalue weighted by Gasteiger charge is -2.38. The maximum atomic E-state index is 11.8. The Morgan fingerprint density at radius 2 is 1.93 bits per heavy atom. The summed E-state index contributed by atoms with van der Waals surface area (Å²) in [5, 5.41) is 3.24. The third-order valence-corrected chi connectivity index (χ3v) is 5.16. The number of nitrogens with zero attached hydrogens (tertiary/aromatic N) is 4. The molecule has 0 bridgehead atoms. The Kier molecular flexibility index (Phi) is 4.94. The van der Waals surface area contributed by atoms with Crippen LogP contribution in [-0.4, -0.2) is 58.1 Å². The van der Waals surface area contributed by atoms with E-state index in [1.807, 2.05) is 30.6 Å². The third kappa shape index (κ3) is 4.19. The Morgan fingerprint density at radius 1 is 1.15 bits per heavy atom. The van der Waals surface area contributed by atoms with Gasteiger partial charge in [0.2, 0.25) is 5.95 Å². The SMILES string of the molecule is CN1C[C@]2(CCCN(Cc3cnc(NCc4ccccc4)nc3)C2)OC1=O. The number of rotatable bonds is 5. The number of hydrogen-bond acceptors (Lipinski definition) is 6. The third-order valence-electron chi connectivity index (χ3n) is 5.16. The second kappa shape index (κ2) is 7.52. The molecule has 0 aliphatic carbocycles. The summed E-state index contributed by atoms with van der Waals surface area (Å²) in [5.41, 5.74) is 1.90. The molecule has 0 unspecified atom stereocenters. The molecule has 2 aliphatic rings. The van der Waals surface area contributed by atoms with Gasteiger partial charge in [0, 0.05) is 44.6 Å². The Hall–Kier alpha value is -2.67. The monoisotopic (exact) mass is 367 g/mol. The molecule has 0 saturated carbocycles. The Labute approximate surface area is 159 Å². The molecule has 2 fully saturated rings. The number of likely N-dealkylation sites (N-methyl/N-ethyl adjacent to an activating group) is 1. The summed E-state index contributed by atoms with van der Waals surface area (Å²) >= 11 is 0. The zero-order valence-electron chi connectivity index (χ0n) is 15.6. The number of anilines is 1. The van der Waals surface area contributed by atoms with E-state index in [2.05, 4.69) is 32.3 Å². The first-order chi connectivity index (χ1) is 13.1. The molecule has 1 amide bonds. The molecule has 2 saturated heterocycles. The van der Waals surface area contributed by atoms with Crippen molar-refractivity contribution in [3.8, 4) is 0 Å². The van der Waals surface area contributed by atoms with E-state index in [4.69, 9.17) is 4.74 Å². The van der Waals surface area contributed by atoms with Crippen LogP contribution in [0.5, 0.6) is 0 Å². The van der Waals surface area contributed by atoms with E-state index in [1.54, 1.807) is 11.9 Å². The van der Waals surface area contributed by atoms with Gasteiger partial charge < -0.3 is 15.0 Å². The normalized spacial score (nSPS) is 22.9. The van der Waals surface area contributed by atoms with Crippen LogP contribution in [0.4, 0.5) is 10.7 Å². The Balaban J connectivity index is 1.32. The average molecular weight is 367 g/mol. The van der Waals surface area contributed by atoms with Crippen LogP contribution in [0.2, 0.25) is 0 Å². The van der Waals surface area contributed by atoms with Gasteiger partial charge >= 0.3 is 6.09 Å². The second-order valence-corrected chi connectivity index (χ2v) is 7.48. The molecule has 142 valence electrons. The highest BCUT2D eigenvalue weighted by Crippen LogP contribution is 2.31. The first kappa shape index (κ1) is 17.7. The molecule has 2 aliphatic heterocycles. The zero-order valence-corrected chi connectivity index (χ0v) is 15.6. The topological polar surface area (TPSA) is 70.6 Å². The van der Waals surface area contributed by atoms with E-state index < -0.39 is 0 Å². The fourth-order valence-electron chi connectivity index (χ4n) is 3.89. The molecule has 1 spiro atoms. The molecule has 1 atom stereocenters. The van der Waals surface area contributed by atoms with Gasteiger partial charge in [0.15, 0.2) is 0 Å². The van der Waals surface area contributed by atoms with Crippen molar-refractivity contribution in [1.82, 2.24) is 19.8 Å². The highest BCUT2D eigenvalue weighted by Gasteiger charge is 2.46. The van der Waals surface area contributed by atoms with Crippen molar-refractivity contribution in [2.45, 2.75) is 31.5 Å². The van der Waals surface area contributed by atoms with E-state index in [-0.39, 0.29) is 11.7 Å². The van der Waals surface area contributed by atoms with Crippen molar-refractivity contribution in [3.63, 3.8) is 0 Å². The van der Waals surface area contributed by atoms with Crippen LogP contribution < -0.4 is 5.32 Å². The molecule has 0 radical (unpaired) electrons. The highest BCUT2D eigenvalue weighted by atomic mass is 16.6. The van der Waals surface area contributed by atoms with Crippen molar-refractivity contribution >= 4 is 12.0 Å². The van der Waals surface area contributed by atoms with E-state index in [0.717, 1.165) is 38.0 Å².